The fraction of sp³-hybridized carbons (Fsp3) is 0.571. The van der Waals surface area contributed by atoms with Crippen molar-refractivity contribution in [3.8, 4) is 0 Å². The number of benzene rings is 1. The average molecular weight is 406 g/mol. The molecule has 1 saturated heterocycles. The molecule has 1 aliphatic rings. The lowest BCUT2D eigenvalue weighted by Crippen LogP contribution is -2.57. The topological polar surface area (TPSA) is 61.4 Å². The fourth-order valence-electron chi connectivity index (χ4n) is 2.52. The minimum Gasteiger partial charge on any atom is -0.314 e. The highest BCUT2D eigenvalue weighted by atomic mass is 35.5. The van der Waals surface area contributed by atoms with Gasteiger partial charge in [0.1, 0.15) is 11.9 Å². The molecule has 0 radical (unpaired) electrons. The molecule has 1 heterocycles. The fourth-order valence-corrected chi connectivity index (χ4v) is 3.68. The van der Waals surface area contributed by atoms with Gasteiger partial charge in [0.05, 0.1) is 5.75 Å². The van der Waals surface area contributed by atoms with Crippen LogP contribution < -0.4 is 10.0 Å². The number of hydrogen-bond donors (Lipinski definition) is 2. The Morgan fingerprint density at radius 1 is 1.20 bits per heavy atom. The van der Waals surface area contributed by atoms with E-state index in [2.05, 4.69) is 5.32 Å². The van der Waals surface area contributed by atoms with Gasteiger partial charge in [-0.05, 0) is 6.07 Å². The first-order valence-corrected chi connectivity index (χ1v) is 9.06. The van der Waals surface area contributed by atoms with Crippen LogP contribution >= 0.6 is 12.4 Å². The summed E-state index contributed by atoms with van der Waals surface area (Å²) in [5, 5.41) is 2.94. The second-order valence-electron chi connectivity index (χ2n) is 5.54. The first kappa shape index (κ1) is 22.1. The zero-order chi connectivity index (χ0) is 17.8. The molecule has 2 rings (SSSR count). The normalized spacial score (nSPS) is 17.8. The number of sulfonamides is 1. The maximum atomic E-state index is 13.5. The Labute approximate surface area is 150 Å². The standard InChI is InChI=1S/C14H19F4N3O2S.ClH/c15-12-4-2-1-3-11(12)10-24(22,23)20-9-13(14(16,17)18)21-7-5-19-6-8-21;/h1-4,13,19-20H,5-10H2;1H. The van der Waals surface area contributed by atoms with Gasteiger partial charge in [0.2, 0.25) is 10.0 Å². The van der Waals surface area contributed by atoms with Gasteiger partial charge >= 0.3 is 6.18 Å². The van der Waals surface area contributed by atoms with Crippen LogP contribution in [0.3, 0.4) is 0 Å². The summed E-state index contributed by atoms with van der Waals surface area (Å²) in [7, 11) is -4.08. The van der Waals surface area contributed by atoms with E-state index in [1.807, 2.05) is 4.72 Å². The van der Waals surface area contributed by atoms with Crippen LogP contribution in [0.25, 0.3) is 0 Å². The minimum absolute atomic E-state index is 0. The highest BCUT2D eigenvalue weighted by Crippen LogP contribution is 2.25. The monoisotopic (exact) mass is 405 g/mol. The molecule has 11 heteroatoms. The Morgan fingerprint density at radius 2 is 1.80 bits per heavy atom. The molecule has 25 heavy (non-hydrogen) atoms. The quantitative estimate of drug-likeness (QED) is 0.704. The minimum atomic E-state index is -4.56. The average Bonchev–Trinajstić information content (AvgIpc) is 2.49. The Balaban J connectivity index is 0.00000312. The van der Waals surface area contributed by atoms with E-state index in [9.17, 15) is 26.0 Å². The van der Waals surface area contributed by atoms with Crippen LogP contribution in [0.1, 0.15) is 5.56 Å². The van der Waals surface area contributed by atoms with Gasteiger partial charge in [-0.25, -0.2) is 17.5 Å². The van der Waals surface area contributed by atoms with Crippen LogP contribution in [0, 0.1) is 5.82 Å². The molecule has 5 nitrogen and oxygen atoms in total. The molecule has 1 aliphatic heterocycles. The summed E-state index contributed by atoms with van der Waals surface area (Å²) in [5.74, 6) is -1.41. The molecule has 0 saturated carbocycles. The summed E-state index contributed by atoms with van der Waals surface area (Å²) in [6.45, 7) is 0.391. The Kier molecular flexibility index (Phi) is 8.07. The molecule has 0 aromatic heterocycles. The second-order valence-corrected chi connectivity index (χ2v) is 7.35. The van der Waals surface area contributed by atoms with Crippen LogP contribution in [0.15, 0.2) is 24.3 Å². The van der Waals surface area contributed by atoms with E-state index in [1.165, 1.54) is 23.1 Å². The molecule has 0 spiro atoms. The number of rotatable bonds is 6. The SMILES string of the molecule is Cl.O=S(=O)(Cc1ccccc1F)NCC(N1CCNCC1)C(F)(F)F. The van der Waals surface area contributed by atoms with E-state index in [0.29, 0.717) is 13.1 Å². The first-order chi connectivity index (χ1) is 11.2. The van der Waals surface area contributed by atoms with Gasteiger partial charge in [-0.15, -0.1) is 12.4 Å². The molecular formula is C14H20ClF4N3O2S. The third kappa shape index (κ3) is 6.70. The molecule has 1 fully saturated rings. The molecule has 1 atom stereocenters. The Morgan fingerprint density at radius 3 is 2.36 bits per heavy atom. The largest absolute Gasteiger partial charge is 0.405 e. The lowest BCUT2D eigenvalue weighted by Gasteiger charge is -2.35. The van der Waals surface area contributed by atoms with Crippen molar-refractivity contribution in [2.24, 2.45) is 0 Å². The summed E-state index contributed by atoms with van der Waals surface area (Å²) in [6.07, 6.45) is -4.56. The van der Waals surface area contributed by atoms with Crippen molar-refractivity contribution in [3.05, 3.63) is 35.6 Å². The number of piperazine rings is 1. The molecule has 0 amide bonds. The van der Waals surface area contributed by atoms with Gasteiger partial charge in [-0.1, -0.05) is 18.2 Å². The van der Waals surface area contributed by atoms with Gasteiger partial charge < -0.3 is 5.32 Å². The summed E-state index contributed by atoms with van der Waals surface area (Å²) < 4.78 is 79.1. The third-order valence-electron chi connectivity index (χ3n) is 3.77. The van der Waals surface area contributed by atoms with Gasteiger partial charge in [0, 0.05) is 38.3 Å². The maximum absolute atomic E-state index is 13.5. The van der Waals surface area contributed by atoms with Crippen LogP contribution in [-0.2, 0) is 15.8 Å². The smallest absolute Gasteiger partial charge is 0.314 e. The summed E-state index contributed by atoms with van der Waals surface area (Å²) in [6, 6.07) is 3.35. The van der Waals surface area contributed by atoms with Gasteiger partial charge in [-0.2, -0.15) is 13.2 Å². The van der Waals surface area contributed by atoms with Crippen molar-refractivity contribution in [1.82, 2.24) is 14.9 Å². The van der Waals surface area contributed by atoms with Crippen molar-refractivity contribution < 1.29 is 26.0 Å². The Hall–Kier alpha value is -0.940. The van der Waals surface area contributed by atoms with E-state index >= 15 is 0 Å². The summed E-state index contributed by atoms with van der Waals surface area (Å²) >= 11 is 0. The third-order valence-corrected chi connectivity index (χ3v) is 5.07. The lowest BCUT2D eigenvalue weighted by atomic mass is 10.2. The molecule has 2 N–H and O–H groups in total. The van der Waals surface area contributed by atoms with Crippen LogP contribution in [0.2, 0.25) is 0 Å². The number of nitrogens with zero attached hydrogens (tertiary/aromatic N) is 1. The molecule has 144 valence electrons. The highest BCUT2D eigenvalue weighted by molar-refractivity contribution is 7.88. The van der Waals surface area contributed by atoms with Crippen molar-refractivity contribution in [2.75, 3.05) is 32.7 Å². The van der Waals surface area contributed by atoms with Crippen molar-refractivity contribution >= 4 is 22.4 Å². The van der Waals surface area contributed by atoms with Gasteiger partial charge in [0.25, 0.3) is 0 Å². The van der Waals surface area contributed by atoms with Crippen molar-refractivity contribution in [3.63, 3.8) is 0 Å². The van der Waals surface area contributed by atoms with Crippen LogP contribution in [0.5, 0.6) is 0 Å². The first-order valence-electron chi connectivity index (χ1n) is 7.41. The molecule has 0 bridgehead atoms. The predicted molar refractivity (Wildman–Crippen MR) is 88.6 cm³/mol. The van der Waals surface area contributed by atoms with Crippen LogP contribution in [-0.4, -0.2) is 58.3 Å². The predicted octanol–water partition coefficient (Wildman–Crippen LogP) is 1.50. The highest BCUT2D eigenvalue weighted by Gasteiger charge is 2.44. The van der Waals surface area contributed by atoms with Gasteiger partial charge in [-0.3, -0.25) is 4.90 Å². The van der Waals surface area contributed by atoms with E-state index in [1.54, 1.807) is 0 Å². The maximum Gasteiger partial charge on any atom is 0.405 e. The summed E-state index contributed by atoms with van der Waals surface area (Å²) in [4.78, 5) is 1.20. The molecule has 0 aliphatic carbocycles. The van der Waals surface area contributed by atoms with E-state index in [0.717, 1.165) is 6.07 Å². The van der Waals surface area contributed by atoms with E-state index < -0.39 is 40.4 Å². The zero-order valence-corrected chi connectivity index (χ0v) is 14.9. The number of hydrogen-bond acceptors (Lipinski definition) is 4. The molecule has 1 aromatic rings. The lowest BCUT2D eigenvalue weighted by molar-refractivity contribution is -0.182. The zero-order valence-electron chi connectivity index (χ0n) is 13.2. The number of nitrogens with one attached hydrogen (secondary N) is 2. The van der Waals surface area contributed by atoms with Crippen molar-refractivity contribution in [1.29, 1.82) is 0 Å². The van der Waals surface area contributed by atoms with Crippen LogP contribution in [0.4, 0.5) is 17.6 Å². The molecular weight excluding hydrogens is 386 g/mol. The Bertz CT molecular complexity index is 652. The number of alkyl halides is 3. The summed E-state index contributed by atoms with van der Waals surface area (Å²) in [5.41, 5.74) is -0.0873. The van der Waals surface area contributed by atoms with E-state index in [-0.39, 0.29) is 31.1 Å². The molecule has 1 aromatic carbocycles. The molecule has 1 unspecified atom stereocenters. The van der Waals surface area contributed by atoms with Crippen molar-refractivity contribution in [2.45, 2.75) is 18.0 Å². The van der Waals surface area contributed by atoms with Gasteiger partial charge in [0.15, 0.2) is 0 Å². The second kappa shape index (κ2) is 9.13. The number of halogens is 5. The van der Waals surface area contributed by atoms with E-state index in [4.69, 9.17) is 0 Å².